The van der Waals surface area contributed by atoms with E-state index in [0.29, 0.717) is 13.1 Å². The molecule has 22 heavy (non-hydrogen) atoms. The van der Waals surface area contributed by atoms with E-state index in [0.717, 1.165) is 30.6 Å². The molecule has 2 rings (SSSR count). The summed E-state index contributed by atoms with van der Waals surface area (Å²) in [5, 5.41) is 0. The summed E-state index contributed by atoms with van der Waals surface area (Å²) in [7, 11) is 0. The fourth-order valence-electron chi connectivity index (χ4n) is 2.36. The third-order valence-corrected chi connectivity index (χ3v) is 3.56. The van der Waals surface area contributed by atoms with Gasteiger partial charge in [0.05, 0.1) is 0 Å². The van der Waals surface area contributed by atoms with Crippen molar-refractivity contribution >= 4 is 0 Å². The molecule has 1 unspecified atom stereocenters. The average Bonchev–Trinajstić information content (AvgIpc) is 2.57. The molecule has 3 nitrogen and oxygen atoms in total. The Kier molecular flexibility index (Phi) is 6.47. The van der Waals surface area contributed by atoms with E-state index in [1.807, 2.05) is 42.5 Å². The van der Waals surface area contributed by atoms with Crippen molar-refractivity contribution in [2.45, 2.75) is 31.9 Å². The molecule has 0 fully saturated rings. The maximum atomic E-state index is 6.90. The maximum absolute atomic E-state index is 6.90. The highest BCUT2D eigenvalue weighted by Gasteiger charge is 2.13. The number of ether oxygens (including phenoxy) is 1. The normalized spacial score (nSPS) is 11.6. The van der Waals surface area contributed by atoms with E-state index in [1.165, 1.54) is 5.56 Å². The Labute approximate surface area is 132 Å². The number of rotatable bonds is 8. The molecule has 2 aromatic rings. The lowest BCUT2D eigenvalue weighted by Crippen LogP contribution is -2.09. The van der Waals surface area contributed by atoms with E-state index in [4.69, 9.17) is 17.0 Å². The second-order valence-electron chi connectivity index (χ2n) is 5.26. The quantitative estimate of drug-likeness (QED) is 0.580. The van der Waals surface area contributed by atoms with Gasteiger partial charge in [-0.05, 0) is 55.6 Å². The fraction of sp³-hybridized carbons (Fsp3) is 0.316. The molecule has 2 N–H and O–H groups in total. The van der Waals surface area contributed by atoms with Crippen LogP contribution in [0.15, 0.2) is 54.6 Å². The number of hydrogen-bond donors (Lipinski definition) is 1. The standard InChI is InChI=1S/C19H22N2O/c1-21-15-16-10-12-18(13-11-16)22-19(9-5-6-14-20)17-7-3-2-4-8-17/h2-4,7-8,10-13,19H,5-6,9,14-15,20H2. The van der Waals surface area contributed by atoms with E-state index in [1.54, 1.807) is 0 Å². The Bertz CT molecular complexity index is 587. The molecule has 0 radical (unpaired) electrons. The Morgan fingerprint density at radius 1 is 1.00 bits per heavy atom. The van der Waals surface area contributed by atoms with Crippen molar-refractivity contribution in [3.05, 3.63) is 77.1 Å². The molecule has 0 aliphatic rings. The first kappa shape index (κ1) is 16.1. The van der Waals surface area contributed by atoms with Gasteiger partial charge in [-0.1, -0.05) is 30.3 Å². The van der Waals surface area contributed by atoms with Crippen LogP contribution in [0.1, 0.15) is 36.5 Å². The molecule has 0 aliphatic carbocycles. The van der Waals surface area contributed by atoms with Crippen molar-refractivity contribution in [1.29, 1.82) is 0 Å². The lowest BCUT2D eigenvalue weighted by Gasteiger charge is -2.19. The number of benzene rings is 2. The predicted molar refractivity (Wildman–Crippen MR) is 89.5 cm³/mol. The van der Waals surface area contributed by atoms with Crippen LogP contribution in [-0.4, -0.2) is 6.54 Å². The SMILES string of the molecule is [C-]#[N+]Cc1ccc(OC(CCCCN)c2ccccc2)cc1. The summed E-state index contributed by atoms with van der Waals surface area (Å²) in [4.78, 5) is 3.39. The van der Waals surface area contributed by atoms with Gasteiger partial charge in [-0.2, -0.15) is 0 Å². The van der Waals surface area contributed by atoms with E-state index >= 15 is 0 Å². The van der Waals surface area contributed by atoms with Crippen LogP contribution >= 0.6 is 0 Å². The van der Waals surface area contributed by atoms with Crippen LogP contribution in [0.3, 0.4) is 0 Å². The zero-order valence-corrected chi connectivity index (χ0v) is 12.7. The number of hydrogen-bond acceptors (Lipinski definition) is 2. The van der Waals surface area contributed by atoms with Gasteiger partial charge in [-0.3, -0.25) is 0 Å². The van der Waals surface area contributed by atoms with Crippen LogP contribution in [0.2, 0.25) is 0 Å². The summed E-state index contributed by atoms with van der Waals surface area (Å²) in [5.74, 6) is 0.843. The lowest BCUT2D eigenvalue weighted by molar-refractivity contribution is 0.191. The molecule has 0 aromatic heterocycles. The van der Waals surface area contributed by atoms with Crippen LogP contribution < -0.4 is 10.5 Å². The smallest absolute Gasteiger partial charge is 0.239 e. The number of nitrogens with zero attached hydrogens (tertiary/aromatic N) is 1. The van der Waals surface area contributed by atoms with Crippen molar-refractivity contribution < 1.29 is 4.74 Å². The highest BCUT2D eigenvalue weighted by atomic mass is 16.5. The third-order valence-electron chi connectivity index (χ3n) is 3.56. The molecule has 0 aliphatic heterocycles. The molecule has 1 atom stereocenters. The Morgan fingerprint density at radius 2 is 1.73 bits per heavy atom. The summed E-state index contributed by atoms with van der Waals surface area (Å²) < 4.78 is 6.16. The minimum absolute atomic E-state index is 0.0412. The molecule has 0 saturated carbocycles. The Balaban J connectivity index is 2.06. The van der Waals surface area contributed by atoms with Crippen molar-refractivity contribution in [2.75, 3.05) is 6.54 Å². The predicted octanol–water partition coefficient (Wildman–Crippen LogP) is 4.35. The zero-order chi connectivity index (χ0) is 15.6. The maximum Gasteiger partial charge on any atom is 0.239 e. The molecular weight excluding hydrogens is 272 g/mol. The van der Waals surface area contributed by atoms with Crippen LogP contribution in [0.4, 0.5) is 0 Å². The van der Waals surface area contributed by atoms with Crippen LogP contribution in [0, 0.1) is 6.57 Å². The van der Waals surface area contributed by atoms with Gasteiger partial charge in [-0.15, -0.1) is 0 Å². The largest absolute Gasteiger partial charge is 0.486 e. The molecule has 0 heterocycles. The molecule has 0 bridgehead atoms. The average molecular weight is 294 g/mol. The minimum Gasteiger partial charge on any atom is -0.486 e. The molecule has 0 amide bonds. The van der Waals surface area contributed by atoms with Crippen molar-refractivity contribution in [1.82, 2.24) is 0 Å². The Hall–Kier alpha value is -2.31. The van der Waals surface area contributed by atoms with Gasteiger partial charge in [0, 0.05) is 5.56 Å². The van der Waals surface area contributed by atoms with Gasteiger partial charge in [-0.25, -0.2) is 6.57 Å². The fourth-order valence-corrected chi connectivity index (χ4v) is 2.36. The zero-order valence-electron chi connectivity index (χ0n) is 12.7. The first-order valence-electron chi connectivity index (χ1n) is 7.67. The van der Waals surface area contributed by atoms with Crippen LogP contribution in [0.5, 0.6) is 5.75 Å². The third kappa shape index (κ3) is 4.91. The summed E-state index contributed by atoms with van der Waals surface area (Å²) >= 11 is 0. The van der Waals surface area contributed by atoms with Crippen LogP contribution in [-0.2, 0) is 6.54 Å². The van der Waals surface area contributed by atoms with Crippen LogP contribution in [0.25, 0.3) is 4.85 Å². The molecule has 114 valence electrons. The summed E-state index contributed by atoms with van der Waals surface area (Å²) in [6.07, 6.45) is 3.05. The van der Waals surface area contributed by atoms with Gasteiger partial charge in [0.15, 0.2) is 0 Å². The summed E-state index contributed by atoms with van der Waals surface area (Å²) in [6.45, 7) is 8.03. The van der Waals surface area contributed by atoms with E-state index in [-0.39, 0.29) is 6.10 Å². The minimum atomic E-state index is 0.0412. The lowest BCUT2D eigenvalue weighted by atomic mass is 10.0. The topological polar surface area (TPSA) is 39.6 Å². The second-order valence-corrected chi connectivity index (χ2v) is 5.26. The molecule has 0 saturated heterocycles. The van der Waals surface area contributed by atoms with Gasteiger partial charge >= 0.3 is 0 Å². The first-order chi connectivity index (χ1) is 10.8. The molecule has 2 aromatic carbocycles. The highest BCUT2D eigenvalue weighted by molar-refractivity contribution is 5.29. The highest BCUT2D eigenvalue weighted by Crippen LogP contribution is 2.26. The summed E-state index contributed by atoms with van der Waals surface area (Å²) in [6, 6.07) is 18.1. The molecular formula is C19H22N2O. The van der Waals surface area contributed by atoms with Gasteiger partial charge in [0.2, 0.25) is 6.54 Å². The van der Waals surface area contributed by atoms with Gasteiger partial charge in [0.25, 0.3) is 0 Å². The Morgan fingerprint density at radius 3 is 2.36 bits per heavy atom. The molecule has 0 spiro atoms. The van der Waals surface area contributed by atoms with E-state index < -0.39 is 0 Å². The van der Waals surface area contributed by atoms with E-state index in [2.05, 4.69) is 17.0 Å². The van der Waals surface area contributed by atoms with Crippen molar-refractivity contribution in [3.63, 3.8) is 0 Å². The first-order valence-corrected chi connectivity index (χ1v) is 7.67. The van der Waals surface area contributed by atoms with Gasteiger partial charge in [0.1, 0.15) is 11.9 Å². The number of unbranched alkanes of at least 4 members (excludes halogenated alkanes) is 1. The van der Waals surface area contributed by atoms with Gasteiger partial charge < -0.3 is 15.3 Å². The van der Waals surface area contributed by atoms with Crippen molar-refractivity contribution in [3.8, 4) is 5.75 Å². The summed E-state index contributed by atoms with van der Waals surface area (Å²) in [5.41, 5.74) is 7.79. The second kappa shape index (κ2) is 8.86. The van der Waals surface area contributed by atoms with Crippen molar-refractivity contribution in [2.24, 2.45) is 5.73 Å². The number of nitrogens with two attached hydrogens (primary N) is 1. The van der Waals surface area contributed by atoms with E-state index in [9.17, 15) is 0 Å². The molecule has 3 heteroatoms. The monoisotopic (exact) mass is 294 g/mol.